The van der Waals surface area contributed by atoms with E-state index in [0.29, 0.717) is 23.2 Å². The van der Waals surface area contributed by atoms with Crippen LogP contribution < -0.4 is 0 Å². The molecular weight excluding hydrogens is 212 g/mol. The molecule has 0 radical (unpaired) electrons. The molecule has 1 nitrogen and oxygen atoms in total. The van der Waals surface area contributed by atoms with Crippen LogP contribution in [-0.4, -0.2) is 13.9 Å². The Morgan fingerprint density at radius 3 is 2.56 bits per heavy atom. The van der Waals surface area contributed by atoms with Crippen molar-refractivity contribution in [3.8, 4) is 0 Å². The molecule has 0 aromatic rings. The first-order chi connectivity index (χ1) is 7.41. The average Bonchev–Trinajstić information content (AvgIpc) is 2.40. The molecule has 0 heterocycles. The van der Waals surface area contributed by atoms with E-state index in [1.807, 2.05) is 0 Å². The maximum Gasteiger partial charge on any atom is 0.136 e. The summed E-state index contributed by atoms with van der Waals surface area (Å²) in [6, 6.07) is 0. The molecule has 0 aromatic heterocycles. The summed E-state index contributed by atoms with van der Waals surface area (Å²) in [5, 5.41) is 0. The van der Waals surface area contributed by atoms with Gasteiger partial charge in [0.25, 0.3) is 0 Å². The molecule has 0 aromatic carbocycles. The van der Waals surface area contributed by atoms with Crippen LogP contribution in [0.4, 0.5) is 0 Å². The molecule has 0 N–H and O–H groups in total. The van der Waals surface area contributed by atoms with Gasteiger partial charge in [-0.15, -0.1) is 0 Å². The van der Waals surface area contributed by atoms with Crippen molar-refractivity contribution in [2.75, 3.05) is 0 Å². The third kappa shape index (κ3) is 2.04. The summed E-state index contributed by atoms with van der Waals surface area (Å²) in [4.78, 5) is 12.3. The molecule has 2 saturated carbocycles. The molecule has 0 spiro atoms. The van der Waals surface area contributed by atoms with E-state index < -0.39 is 8.07 Å². The van der Waals surface area contributed by atoms with Gasteiger partial charge in [-0.25, -0.2) is 0 Å². The normalized spacial score (nSPS) is 36.1. The van der Waals surface area contributed by atoms with Crippen molar-refractivity contribution in [2.24, 2.45) is 11.8 Å². The van der Waals surface area contributed by atoms with Crippen LogP contribution in [0, 0.1) is 11.8 Å². The minimum absolute atomic E-state index is 0.349. The van der Waals surface area contributed by atoms with Crippen LogP contribution in [0.5, 0.6) is 0 Å². The molecule has 2 aliphatic rings. The first kappa shape index (κ1) is 12.1. The van der Waals surface area contributed by atoms with Crippen LogP contribution in [0.1, 0.15) is 32.1 Å². The summed E-state index contributed by atoms with van der Waals surface area (Å²) >= 11 is 0. The second-order valence-corrected chi connectivity index (χ2v) is 12.1. The molecule has 2 aliphatic carbocycles. The highest BCUT2D eigenvalue weighted by molar-refractivity contribution is 6.78. The Balaban J connectivity index is 2.31. The highest BCUT2D eigenvalue weighted by atomic mass is 28.3. The third-order valence-corrected chi connectivity index (χ3v) is 7.02. The third-order valence-electron chi connectivity index (χ3n) is 4.38. The summed E-state index contributed by atoms with van der Waals surface area (Å²) in [6.07, 6.45) is 5.59. The zero-order chi connectivity index (χ0) is 11.9. The molecule has 3 atom stereocenters. The van der Waals surface area contributed by atoms with Gasteiger partial charge in [0.05, 0.1) is 8.07 Å². The Labute approximate surface area is 100 Å². The van der Waals surface area contributed by atoms with Gasteiger partial charge in [0.2, 0.25) is 0 Å². The number of ketones is 1. The summed E-state index contributed by atoms with van der Waals surface area (Å²) in [5.74, 6) is 1.54. The molecular formula is C14H24OSi. The Kier molecular flexibility index (Phi) is 3.13. The summed E-state index contributed by atoms with van der Waals surface area (Å²) in [5.41, 5.74) is 1.95. The van der Waals surface area contributed by atoms with E-state index in [-0.39, 0.29) is 0 Å². The fraction of sp³-hybridized carbons (Fsp3) is 0.786. The van der Waals surface area contributed by atoms with E-state index in [0.717, 1.165) is 19.3 Å². The highest BCUT2D eigenvalue weighted by Gasteiger charge is 2.48. The predicted octanol–water partition coefficient (Wildman–Crippen LogP) is 4.03. The van der Waals surface area contributed by atoms with Crippen LogP contribution in [0.3, 0.4) is 0 Å². The van der Waals surface area contributed by atoms with Crippen LogP contribution in [0.15, 0.2) is 12.2 Å². The van der Waals surface area contributed by atoms with E-state index >= 15 is 0 Å². The number of carbonyl (C=O) groups excluding carboxylic acids is 1. The first-order valence-electron chi connectivity index (χ1n) is 6.61. The number of hydrogen-bond acceptors (Lipinski definition) is 1. The average molecular weight is 236 g/mol. The number of hydrogen-bond donors (Lipinski definition) is 0. The number of Topliss-reactive ketones (excluding diaryl/α,β-unsaturated/α-hetero) is 1. The Bertz CT molecular complexity index is 313. The topological polar surface area (TPSA) is 17.1 Å². The molecule has 0 bridgehead atoms. The summed E-state index contributed by atoms with van der Waals surface area (Å²) in [7, 11) is -1.28. The van der Waals surface area contributed by atoms with Gasteiger partial charge >= 0.3 is 0 Å². The molecule has 2 rings (SSSR count). The minimum atomic E-state index is -1.28. The molecule has 16 heavy (non-hydrogen) atoms. The summed E-state index contributed by atoms with van der Waals surface area (Å²) < 4.78 is 0. The second-order valence-electron chi connectivity index (χ2n) is 6.70. The van der Waals surface area contributed by atoms with Crippen LogP contribution in [-0.2, 0) is 4.79 Å². The number of carbonyl (C=O) groups is 1. The Hall–Kier alpha value is -0.373. The maximum atomic E-state index is 12.3. The molecule has 0 aliphatic heterocycles. The highest BCUT2D eigenvalue weighted by Crippen LogP contribution is 2.53. The Morgan fingerprint density at radius 2 is 1.94 bits per heavy atom. The van der Waals surface area contributed by atoms with E-state index in [2.05, 4.69) is 26.2 Å². The minimum Gasteiger partial charge on any atom is -0.299 e. The lowest BCUT2D eigenvalue weighted by Crippen LogP contribution is -2.35. The lowest BCUT2D eigenvalue weighted by molar-refractivity contribution is -0.123. The molecule has 0 saturated heterocycles. The van der Waals surface area contributed by atoms with Gasteiger partial charge in [-0.3, -0.25) is 4.79 Å². The summed E-state index contributed by atoms with van der Waals surface area (Å²) in [6.45, 7) is 11.5. The number of allylic oxidation sites excluding steroid dienone is 1. The van der Waals surface area contributed by atoms with Crippen molar-refractivity contribution in [1.82, 2.24) is 0 Å². The van der Waals surface area contributed by atoms with E-state index in [4.69, 9.17) is 0 Å². The molecule has 3 unspecified atom stereocenters. The molecule has 2 heteroatoms. The molecule has 90 valence electrons. The van der Waals surface area contributed by atoms with Crippen molar-refractivity contribution < 1.29 is 4.79 Å². The van der Waals surface area contributed by atoms with Gasteiger partial charge in [0, 0.05) is 12.3 Å². The number of rotatable bonds is 1. The van der Waals surface area contributed by atoms with E-state index in [9.17, 15) is 4.79 Å². The van der Waals surface area contributed by atoms with Crippen molar-refractivity contribution in [3.63, 3.8) is 0 Å². The number of fused-ring (bicyclic) bond motifs is 1. The lowest BCUT2D eigenvalue weighted by atomic mass is 9.90. The maximum absolute atomic E-state index is 12.3. The quantitative estimate of drug-likeness (QED) is 0.496. The largest absolute Gasteiger partial charge is 0.299 e. The predicted molar refractivity (Wildman–Crippen MR) is 71.3 cm³/mol. The second kappa shape index (κ2) is 4.14. The zero-order valence-corrected chi connectivity index (χ0v) is 11.9. The van der Waals surface area contributed by atoms with E-state index in [1.54, 1.807) is 0 Å². The zero-order valence-electron chi connectivity index (χ0n) is 10.9. The Morgan fingerprint density at radius 1 is 1.25 bits per heavy atom. The molecule has 2 fully saturated rings. The van der Waals surface area contributed by atoms with Crippen LogP contribution >= 0.6 is 0 Å². The SMILES string of the molecule is C=C1CC2CCCCC(=O)C2C1[Si](C)(C)C. The van der Waals surface area contributed by atoms with Gasteiger partial charge in [0.15, 0.2) is 0 Å². The van der Waals surface area contributed by atoms with Crippen molar-refractivity contribution in [1.29, 1.82) is 0 Å². The standard InChI is InChI=1S/C14H24OSi/c1-10-9-11-7-5-6-8-12(15)13(11)14(10)16(2,3)4/h11,13-14H,1,5-9H2,2-4H3. The lowest BCUT2D eigenvalue weighted by Gasteiger charge is -2.32. The van der Waals surface area contributed by atoms with Crippen molar-refractivity contribution in [3.05, 3.63) is 12.2 Å². The van der Waals surface area contributed by atoms with Crippen molar-refractivity contribution in [2.45, 2.75) is 57.3 Å². The van der Waals surface area contributed by atoms with Gasteiger partial charge in [-0.1, -0.05) is 38.2 Å². The van der Waals surface area contributed by atoms with Gasteiger partial charge in [-0.05, 0) is 30.7 Å². The van der Waals surface area contributed by atoms with Gasteiger partial charge in [-0.2, -0.15) is 0 Å². The van der Waals surface area contributed by atoms with Gasteiger partial charge in [0.1, 0.15) is 5.78 Å². The smallest absolute Gasteiger partial charge is 0.136 e. The van der Waals surface area contributed by atoms with Crippen molar-refractivity contribution >= 4 is 13.9 Å². The molecule has 0 amide bonds. The fourth-order valence-electron chi connectivity index (χ4n) is 3.87. The van der Waals surface area contributed by atoms with Crippen LogP contribution in [0.2, 0.25) is 25.2 Å². The van der Waals surface area contributed by atoms with Gasteiger partial charge < -0.3 is 0 Å². The van der Waals surface area contributed by atoms with Crippen LogP contribution in [0.25, 0.3) is 0 Å². The fourth-order valence-corrected chi connectivity index (χ4v) is 6.75. The first-order valence-corrected chi connectivity index (χ1v) is 10.2. The van der Waals surface area contributed by atoms with E-state index in [1.165, 1.54) is 18.4 Å². The monoisotopic (exact) mass is 236 g/mol.